The van der Waals surface area contributed by atoms with Gasteiger partial charge in [-0.05, 0) is 6.07 Å². The lowest BCUT2D eigenvalue weighted by Gasteiger charge is -2.12. The van der Waals surface area contributed by atoms with Crippen molar-refractivity contribution >= 4 is 5.97 Å². The van der Waals surface area contributed by atoms with Crippen LogP contribution in [0.5, 0.6) is 0 Å². The highest BCUT2D eigenvalue weighted by Crippen LogP contribution is 2.18. The molecule has 0 bridgehead atoms. The number of ether oxygens (including phenoxy) is 1. The Bertz CT molecular complexity index is 1150. The number of pyridine rings is 1. The molecule has 1 aromatic carbocycles. The molecule has 0 aliphatic rings. The van der Waals surface area contributed by atoms with Crippen LogP contribution in [-0.2, 0) is 17.8 Å². The lowest BCUT2D eigenvalue weighted by molar-refractivity contribution is 0.0599. The molecular formula is C19H15F2N3O4. The molecule has 0 spiro atoms. The number of methoxy groups -OCH3 is 1. The third-order valence-corrected chi connectivity index (χ3v) is 4.13. The van der Waals surface area contributed by atoms with Crippen LogP contribution in [0.3, 0.4) is 0 Å². The molecule has 0 N–H and O–H groups in total. The maximum atomic E-state index is 14.5. The molecule has 0 radical (unpaired) electrons. The van der Waals surface area contributed by atoms with Gasteiger partial charge in [-0.25, -0.2) is 13.6 Å². The first-order chi connectivity index (χ1) is 13.4. The summed E-state index contributed by atoms with van der Waals surface area (Å²) >= 11 is 0. The number of hydrogen-bond donors (Lipinski definition) is 0. The average Bonchev–Trinajstić information content (AvgIpc) is 2.70. The molecule has 9 heteroatoms. The van der Waals surface area contributed by atoms with Crippen molar-refractivity contribution in [2.45, 2.75) is 13.1 Å². The topological polar surface area (TPSA) is 83.2 Å². The number of rotatable bonds is 5. The molecule has 3 aromatic rings. The molecule has 0 aliphatic carbocycles. The quantitative estimate of drug-likeness (QED) is 0.621. The lowest BCUT2D eigenvalue weighted by atomic mass is 10.1. The first-order valence-corrected chi connectivity index (χ1v) is 8.15. The molecule has 144 valence electrons. The van der Waals surface area contributed by atoms with Crippen molar-refractivity contribution in [1.29, 1.82) is 0 Å². The minimum Gasteiger partial charge on any atom is -0.465 e. The third kappa shape index (κ3) is 3.88. The van der Waals surface area contributed by atoms with E-state index in [0.29, 0.717) is 0 Å². The molecule has 28 heavy (non-hydrogen) atoms. The van der Waals surface area contributed by atoms with E-state index in [0.717, 1.165) is 16.8 Å². The fourth-order valence-electron chi connectivity index (χ4n) is 2.64. The van der Waals surface area contributed by atoms with Gasteiger partial charge in [0.1, 0.15) is 0 Å². The Morgan fingerprint density at radius 2 is 1.64 bits per heavy atom. The zero-order valence-corrected chi connectivity index (χ0v) is 14.8. The summed E-state index contributed by atoms with van der Waals surface area (Å²) in [6.07, 6.45) is 5.02. The van der Waals surface area contributed by atoms with Gasteiger partial charge in [0.25, 0.3) is 11.1 Å². The van der Waals surface area contributed by atoms with Crippen molar-refractivity contribution in [3.8, 4) is 0 Å². The van der Waals surface area contributed by atoms with Gasteiger partial charge in [0.2, 0.25) is 0 Å². The molecule has 0 unspecified atom stereocenters. The summed E-state index contributed by atoms with van der Waals surface area (Å²) in [6.45, 7) is -0.440. The number of esters is 1. The summed E-state index contributed by atoms with van der Waals surface area (Å²) in [7, 11) is 1.19. The number of carbonyl (C=O) groups excluding carboxylic acids is 1. The highest BCUT2D eigenvalue weighted by Gasteiger charge is 2.16. The van der Waals surface area contributed by atoms with Gasteiger partial charge in [0.05, 0.1) is 32.0 Å². The van der Waals surface area contributed by atoms with E-state index in [1.165, 1.54) is 48.5 Å². The van der Waals surface area contributed by atoms with Crippen molar-refractivity contribution in [1.82, 2.24) is 14.1 Å². The highest BCUT2D eigenvalue weighted by atomic mass is 19.2. The number of benzene rings is 1. The van der Waals surface area contributed by atoms with Gasteiger partial charge >= 0.3 is 5.97 Å². The standard InChI is InChI=1S/C19H15F2N3O4/c1-28-19(27)14-4-5-15(25)24(11-14)10-13-3-2-12(17(20)18(13)21)9-23-7-6-22-8-16(23)26/h2-8,11H,9-10H2,1H3. The van der Waals surface area contributed by atoms with Crippen LogP contribution in [0, 0.1) is 11.6 Å². The Labute approximate surface area is 157 Å². The van der Waals surface area contributed by atoms with E-state index in [4.69, 9.17) is 0 Å². The number of nitrogens with zero attached hydrogens (tertiary/aromatic N) is 3. The van der Waals surface area contributed by atoms with Crippen molar-refractivity contribution in [2.24, 2.45) is 0 Å². The predicted octanol–water partition coefficient (Wildman–Crippen LogP) is 1.57. The summed E-state index contributed by atoms with van der Waals surface area (Å²) in [6, 6.07) is 5.11. The smallest absolute Gasteiger partial charge is 0.339 e. The van der Waals surface area contributed by atoms with Crippen molar-refractivity contribution in [3.63, 3.8) is 0 Å². The van der Waals surface area contributed by atoms with E-state index in [1.807, 2.05) is 0 Å². The minimum atomic E-state index is -1.13. The summed E-state index contributed by atoms with van der Waals surface area (Å²) in [5.74, 6) is -2.90. The van der Waals surface area contributed by atoms with Crippen LogP contribution in [0.2, 0.25) is 0 Å². The highest BCUT2D eigenvalue weighted by molar-refractivity contribution is 5.88. The molecule has 0 amide bonds. The normalized spacial score (nSPS) is 10.7. The van der Waals surface area contributed by atoms with E-state index in [2.05, 4.69) is 9.72 Å². The summed E-state index contributed by atoms with van der Waals surface area (Å²) in [5.41, 5.74) is -0.924. The van der Waals surface area contributed by atoms with Gasteiger partial charge in [-0.2, -0.15) is 0 Å². The van der Waals surface area contributed by atoms with Gasteiger partial charge in [0, 0.05) is 35.8 Å². The van der Waals surface area contributed by atoms with Crippen LogP contribution >= 0.6 is 0 Å². The van der Waals surface area contributed by atoms with E-state index >= 15 is 0 Å². The Balaban J connectivity index is 1.92. The molecule has 0 fully saturated rings. The molecule has 7 nitrogen and oxygen atoms in total. The zero-order valence-electron chi connectivity index (χ0n) is 14.8. The number of hydrogen-bond acceptors (Lipinski definition) is 5. The molecule has 2 heterocycles. The largest absolute Gasteiger partial charge is 0.465 e. The Hall–Kier alpha value is -3.62. The van der Waals surface area contributed by atoms with E-state index < -0.39 is 28.7 Å². The van der Waals surface area contributed by atoms with Crippen LogP contribution in [-0.4, -0.2) is 27.2 Å². The van der Waals surface area contributed by atoms with Crippen molar-refractivity contribution in [3.05, 3.63) is 98.1 Å². The van der Waals surface area contributed by atoms with Crippen molar-refractivity contribution < 1.29 is 18.3 Å². The van der Waals surface area contributed by atoms with Crippen LogP contribution in [0.25, 0.3) is 0 Å². The van der Waals surface area contributed by atoms with E-state index in [-0.39, 0.29) is 29.8 Å². The number of aromatic nitrogens is 3. The van der Waals surface area contributed by atoms with Gasteiger partial charge in [0.15, 0.2) is 11.6 Å². The maximum Gasteiger partial charge on any atom is 0.339 e. The third-order valence-electron chi connectivity index (χ3n) is 4.13. The Morgan fingerprint density at radius 3 is 2.25 bits per heavy atom. The Kier molecular flexibility index (Phi) is 5.44. The molecule has 0 saturated heterocycles. The fourth-order valence-corrected chi connectivity index (χ4v) is 2.64. The molecular weight excluding hydrogens is 372 g/mol. The number of carbonyl (C=O) groups is 1. The monoisotopic (exact) mass is 387 g/mol. The lowest BCUT2D eigenvalue weighted by Crippen LogP contribution is -2.22. The van der Waals surface area contributed by atoms with Crippen molar-refractivity contribution in [2.75, 3.05) is 7.11 Å². The van der Waals surface area contributed by atoms with Crippen LogP contribution < -0.4 is 11.1 Å². The minimum absolute atomic E-state index is 0.0230. The second-order valence-electron chi connectivity index (χ2n) is 5.93. The molecule has 2 aromatic heterocycles. The van der Waals surface area contributed by atoms with E-state index in [1.54, 1.807) is 0 Å². The number of halogens is 2. The van der Waals surface area contributed by atoms with Gasteiger partial charge in [-0.3, -0.25) is 14.6 Å². The summed E-state index contributed by atoms with van der Waals surface area (Å²) < 4.78 is 35.9. The van der Waals surface area contributed by atoms with Gasteiger partial charge < -0.3 is 13.9 Å². The van der Waals surface area contributed by atoms with Gasteiger partial charge in [-0.15, -0.1) is 0 Å². The predicted molar refractivity (Wildman–Crippen MR) is 95.1 cm³/mol. The average molecular weight is 387 g/mol. The first-order valence-electron chi connectivity index (χ1n) is 8.15. The van der Waals surface area contributed by atoms with Crippen LogP contribution in [0.4, 0.5) is 8.78 Å². The molecule has 0 saturated carbocycles. The second-order valence-corrected chi connectivity index (χ2v) is 5.93. The maximum absolute atomic E-state index is 14.5. The van der Waals surface area contributed by atoms with Crippen LogP contribution in [0.1, 0.15) is 21.5 Å². The summed E-state index contributed by atoms with van der Waals surface area (Å²) in [4.78, 5) is 38.9. The fraction of sp³-hybridized carbons (Fsp3) is 0.158. The van der Waals surface area contributed by atoms with E-state index in [9.17, 15) is 23.2 Å². The van der Waals surface area contributed by atoms with Gasteiger partial charge in [-0.1, -0.05) is 12.1 Å². The SMILES string of the molecule is COC(=O)c1ccc(=O)n(Cc2ccc(Cn3ccncc3=O)c(F)c2F)c1. The first kappa shape index (κ1) is 19.2. The molecule has 0 aliphatic heterocycles. The summed E-state index contributed by atoms with van der Waals surface area (Å²) in [5, 5.41) is 0. The molecule has 0 atom stereocenters. The second kappa shape index (κ2) is 7.95. The van der Waals surface area contributed by atoms with Crippen LogP contribution in [0.15, 0.2) is 58.6 Å². The zero-order chi connectivity index (χ0) is 20.3. The Morgan fingerprint density at radius 1 is 1.00 bits per heavy atom. The molecule has 3 rings (SSSR count).